The molecule has 1 aliphatic rings. The summed E-state index contributed by atoms with van der Waals surface area (Å²) in [5.41, 5.74) is 6.44. The van der Waals surface area contributed by atoms with Crippen molar-refractivity contribution < 1.29 is 4.79 Å². The number of hydrogen-bond donors (Lipinski definition) is 2. The number of nitrogens with one attached hydrogen (secondary N) is 1. The molecule has 16 heavy (non-hydrogen) atoms. The van der Waals surface area contributed by atoms with Crippen molar-refractivity contribution >= 4 is 5.91 Å². The zero-order chi connectivity index (χ0) is 11.4. The summed E-state index contributed by atoms with van der Waals surface area (Å²) in [5.74, 6) is -0.282. The van der Waals surface area contributed by atoms with Gasteiger partial charge in [-0.3, -0.25) is 14.7 Å². The van der Waals surface area contributed by atoms with E-state index in [2.05, 4.69) is 15.2 Å². The smallest absolute Gasteiger partial charge is 0.235 e. The van der Waals surface area contributed by atoms with Gasteiger partial charge in [-0.1, -0.05) is 6.07 Å². The number of aromatic nitrogens is 1. The molecule has 0 bridgehead atoms. The SMILES string of the molecule is NC(=O)C1CN(Cc2cccnc2)CCN1. The van der Waals surface area contributed by atoms with Crippen molar-refractivity contribution in [2.24, 2.45) is 5.73 Å². The van der Waals surface area contributed by atoms with Crippen molar-refractivity contribution in [3.05, 3.63) is 30.1 Å². The van der Waals surface area contributed by atoms with E-state index in [9.17, 15) is 4.79 Å². The Balaban J connectivity index is 1.93. The highest BCUT2D eigenvalue weighted by Gasteiger charge is 2.22. The minimum Gasteiger partial charge on any atom is -0.368 e. The lowest BCUT2D eigenvalue weighted by atomic mass is 10.2. The van der Waals surface area contributed by atoms with E-state index in [0.717, 1.165) is 25.2 Å². The van der Waals surface area contributed by atoms with E-state index in [1.807, 2.05) is 18.3 Å². The zero-order valence-corrected chi connectivity index (χ0v) is 9.10. The van der Waals surface area contributed by atoms with Crippen LogP contribution in [-0.4, -0.2) is 41.5 Å². The summed E-state index contributed by atoms with van der Waals surface area (Å²) in [5, 5.41) is 3.10. The molecule has 0 spiro atoms. The first-order valence-corrected chi connectivity index (χ1v) is 5.39. The second-order valence-electron chi connectivity index (χ2n) is 4.01. The van der Waals surface area contributed by atoms with Gasteiger partial charge in [-0.2, -0.15) is 0 Å². The van der Waals surface area contributed by atoms with Gasteiger partial charge in [0.05, 0.1) is 6.04 Å². The number of carbonyl (C=O) groups excluding carboxylic acids is 1. The molecular weight excluding hydrogens is 204 g/mol. The third kappa shape index (κ3) is 2.77. The predicted molar refractivity (Wildman–Crippen MR) is 60.5 cm³/mol. The second-order valence-corrected chi connectivity index (χ2v) is 4.01. The fraction of sp³-hybridized carbons (Fsp3) is 0.455. The van der Waals surface area contributed by atoms with Crippen LogP contribution in [0.1, 0.15) is 5.56 Å². The fourth-order valence-electron chi connectivity index (χ4n) is 1.89. The number of carbonyl (C=O) groups is 1. The van der Waals surface area contributed by atoms with Crippen LogP contribution in [0, 0.1) is 0 Å². The Morgan fingerprint density at radius 3 is 3.25 bits per heavy atom. The standard InChI is InChI=1S/C11H16N4O/c12-11(16)10-8-15(5-4-14-10)7-9-2-1-3-13-6-9/h1-3,6,10,14H,4-5,7-8H2,(H2,12,16). The number of hydrogen-bond acceptors (Lipinski definition) is 4. The lowest BCUT2D eigenvalue weighted by Crippen LogP contribution is -2.55. The Morgan fingerprint density at radius 2 is 2.56 bits per heavy atom. The average molecular weight is 220 g/mol. The highest BCUT2D eigenvalue weighted by atomic mass is 16.1. The summed E-state index contributed by atoms with van der Waals surface area (Å²) >= 11 is 0. The van der Waals surface area contributed by atoms with Crippen LogP contribution in [0.15, 0.2) is 24.5 Å². The van der Waals surface area contributed by atoms with Gasteiger partial charge in [-0.25, -0.2) is 0 Å². The van der Waals surface area contributed by atoms with Crippen molar-refractivity contribution in [3.63, 3.8) is 0 Å². The van der Waals surface area contributed by atoms with Gasteiger partial charge in [0.15, 0.2) is 0 Å². The molecular formula is C11H16N4O. The maximum absolute atomic E-state index is 11.1. The summed E-state index contributed by atoms with van der Waals surface area (Å²) in [6, 6.07) is 3.72. The van der Waals surface area contributed by atoms with Crippen molar-refractivity contribution in [1.29, 1.82) is 0 Å². The molecule has 2 heterocycles. The van der Waals surface area contributed by atoms with Crippen molar-refractivity contribution in [3.8, 4) is 0 Å². The number of primary amides is 1. The minimum absolute atomic E-state index is 0.231. The third-order valence-corrected chi connectivity index (χ3v) is 2.73. The van der Waals surface area contributed by atoms with Crippen LogP contribution in [0.25, 0.3) is 0 Å². The molecule has 1 aliphatic heterocycles. The first-order chi connectivity index (χ1) is 7.75. The van der Waals surface area contributed by atoms with Crippen LogP contribution >= 0.6 is 0 Å². The van der Waals surface area contributed by atoms with Crippen LogP contribution in [0.4, 0.5) is 0 Å². The Hall–Kier alpha value is -1.46. The summed E-state index contributed by atoms with van der Waals surface area (Å²) in [4.78, 5) is 17.4. The van der Waals surface area contributed by atoms with Crippen LogP contribution in [-0.2, 0) is 11.3 Å². The molecule has 2 rings (SSSR count). The van der Waals surface area contributed by atoms with Gasteiger partial charge in [0.25, 0.3) is 0 Å². The Bertz CT molecular complexity index is 354. The molecule has 1 amide bonds. The highest BCUT2D eigenvalue weighted by Crippen LogP contribution is 2.06. The lowest BCUT2D eigenvalue weighted by molar-refractivity contribution is -0.121. The van der Waals surface area contributed by atoms with Gasteiger partial charge in [0.2, 0.25) is 5.91 Å². The van der Waals surface area contributed by atoms with E-state index >= 15 is 0 Å². The van der Waals surface area contributed by atoms with Crippen molar-refractivity contribution in [2.45, 2.75) is 12.6 Å². The first kappa shape index (κ1) is 11.0. The summed E-state index contributed by atoms with van der Waals surface area (Å²) < 4.78 is 0. The van der Waals surface area contributed by atoms with Gasteiger partial charge < -0.3 is 11.1 Å². The van der Waals surface area contributed by atoms with Crippen LogP contribution in [0.5, 0.6) is 0 Å². The highest BCUT2D eigenvalue weighted by molar-refractivity contribution is 5.80. The minimum atomic E-state index is -0.282. The molecule has 3 N–H and O–H groups in total. The summed E-state index contributed by atoms with van der Waals surface area (Å²) in [7, 11) is 0. The zero-order valence-electron chi connectivity index (χ0n) is 9.10. The van der Waals surface area contributed by atoms with Crippen LogP contribution < -0.4 is 11.1 Å². The fourth-order valence-corrected chi connectivity index (χ4v) is 1.89. The van der Waals surface area contributed by atoms with Crippen LogP contribution in [0.2, 0.25) is 0 Å². The molecule has 1 atom stereocenters. The average Bonchev–Trinajstić information content (AvgIpc) is 2.30. The van der Waals surface area contributed by atoms with Gasteiger partial charge in [0.1, 0.15) is 0 Å². The normalized spacial score (nSPS) is 21.9. The number of piperazine rings is 1. The largest absolute Gasteiger partial charge is 0.368 e. The van der Waals surface area contributed by atoms with Crippen molar-refractivity contribution in [2.75, 3.05) is 19.6 Å². The monoisotopic (exact) mass is 220 g/mol. The predicted octanol–water partition coefficient (Wildman–Crippen LogP) is -0.659. The molecule has 1 aromatic heterocycles. The maximum Gasteiger partial charge on any atom is 0.235 e. The van der Waals surface area contributed by atoms with Gasteiger partial charge >= 0.3 is 0 Å². The molecule has 0 saturated carbocycles. The summed E-state index contributed by atoms with van der Waals surface area (Å²) in [6.07, 6.45) is 3.61. The maximum atomic E-state index is 11.1. The number of amides is 1. The van der Waals surface area contributed by atoms with E-state index in [1.54, 1.807) is 6.20 Å². The Labute approximate surface area is 94.6 Å². The van der Waals surface area contributed by atoms with Gasteiger partial charge in [-0.05, 0) is 11.6 Å². The third-order valence-electron chi connectivity index (χ3n) is 2.73. The van der Waals surface area contributed by atoms with Crippen LogP contribution in [0.3, 0.4) is 0 Å². The molecule has 1 unspecified atom stereocenters. The molecule has 1 saturated heterocycles. The van der Waals surface area contributed by atoms with E-state index in [1.165, 1.54) is 0 Å². The molecule has 1 aromatic rings. The molecule has 5 heteroatoms. The van der Waals surface area contributed by atoms with E-state index in [4.69, 9.17) is 5.73 Å². The summed E-state index contributed by atoms with van der Waals surface area (Å²) in [6.45, 7) is 3.22. The quantitative estimate of drug-likeness (QED) is 0.709. The van der Waals surface area contributed by atoms with Gasteiger partial charge in [-0.15, -0.1) is 0 Å². The Kier molecular flexibility index (Phi) is 3.48. The lowest BCUT2D eigenvalue weighted by Gasteiger charge is -2.31. The van der Waals surface area contributed by atoms with Gasteiger partial charge in [0, 0.05) is 38.6 Å². The van der Waals surface area contributed by atoms with E-state index < -0.39 is 0 Å². The van der Waals surface area contributed by atoms with Crippen molar-refractivity contribution in [1.82, 2.24) is 15.2 Å². The Morgan fingerprint density at radius 1 is 1.69 bits per heavy atom. The second kappa shape index (κ2) is 5.05. The molecule has 86 valence electrons. The van der Waals surface area contributed by atoms with E-state index in [0.29, 0.717) is 6.54 Å². The number of pyridine rings is 1. The molecule has 0 aliphatic carbocycles. The topological polar surface area (TPSA) is 71.2 Å². The number of nitrogens with zero attached hydrogens (tertiary/aromatic N) is 2. The number of rotatable bonds is 3. The first-order valence-electron chi connectivity index (χ1n) is 5.39. The molecule has 1 fully saturated rings. The van der Waals surface area contributed by atoms with E-state index in [-0.39, 0.29) is 11.9 Å². The molecule has 5 nitrogen and oxygen atoms in total. The number of nitrogens with two attached hydrogens (primary N) is 1. The molecule has 0 aromatic carbocycles. The molecule has 0 radical (unpaired) electrons.